The van der Waals surface area contributed by atoms with Crippen molar-refractivity contribution in [3.05, 3.63) is 23.3 Å². The fourth-order valence-corrected chi connectivity index (χ4v) is 2.77. The van der Waals surface area contributed by atoms with Crippen LogP contribution in [0, 0.1) is 5.41 Å². The van der Waals surface area contributed by atoms with Crippen molar-refractivity contribution in [1.82, 2.24) is 4.90 Å². The van der Waals surface area contributed by atoms with Crippen molar-refractivity contribution in [3.63, 3.8) is 0 Å². The lowest BCUT2D eigenvalue weighted by atomic mass is 9.90. The number of fused-ring (bicyclic) bond motifs is 1. The Bertz CT molecular complexity index is 485. The van der Waals surface area contributed by atoms with Gasteiger partial charge >= 0.3 is 0 Å². The predicted octanol–water partition coefficient (Wildman–Crippen LogP) is 1.05. The van der Waals surface area contributed by atoms with E-state index in [2.05, 4.69) is 4.90 Å². The van der Waals surface area contributed by atoms with Crippen LogP contribution in [0.5, 0.6) is 11.5 Å². The van der Waals surface area contributed by atoms with Gasteiger partial charge in [-0.1, -0.05) is 6.92 Å². The molecule has 1 heterocycles. The second-order valence-electron chi connectivity index (χ2n) is 6.06. The number of rotatable bonds is 6. The third kappa shape index (κ3) is 3.48. The molecule has 1 aliphatic rings. The smallest absolute Gasteiger partial charge is 0.161 e. The maximum atomic E-state index is 9.44. The molecule has 118 valence electrons. The fraction of sp³-hybridized carbons (Fsp3) is 0.625. The highest BCUT2D eigenvalue weighted by Gasteiger charge is 2.28. The predicted molar refractivity (Wildman–Crippen MR) is 80.8 cm³/mol. The second kappa shape index (κ2) is 6.64. The summed E-state index contributed by atoms with van der Waals surface area (Å²) in [6.45, 7) is 4.26. The summed E-state index contributed by atoms with van der Waals surface area (Å²) >= 11 is 0. The van der Waals surface area contributed by atoms with Gasteiger partial charge in [-0.2, -0.15) is 0 Å². The normalized spacial score (nSPS) is 15.7. The van der Waals surface area contributed by atoms with Gasteiger partial charge in [0.15, 0.2) is 11.5 Å². The summed E-state index contributed by atoms with van der Waals surface area (Å²) in [4.78, 5) is 2.26. The maximum absolute atomic E-state index is 9.44. The first-order valence-electron chi connectivity index (χ1n) is 7.23. The Morgan fingerprint density at radius 2 is 1.67 bits per heavy atom. The minimum atomic E-state index is -0.464. The largest absolute Gasteiger partial charge is 0.493 e. The third-order valence-electron chi connectivity index (χ3n) is 4.17. The van der Waals surface area contributed by atoms with Crippen LogP contribution in [0.2, 0.25) is 0 Å². The summed E-state index contributed by atoms with van der Waals surface area (Å²) in [6.07, 6.45) is 0.933. The molecule has 0 radical (unpaired) electrons. The molecule has 21 heavy (non-hydrogen) atoms. The quantitative estimate of drug-likeness (QED) is 0.821. The standard InChI is InChI=1S/C16H25NO4/c1-16(10-18,11-19)9-17-5-4-12-6-14(20-2)15(21-3)7-13(12)8-17/h6-7,18-19H,4-5,8-11H2,1-3H3. The molecule has 2 rings (SSSR count). The molecule has 5 heteroatoms. The molecule has 0 fully saturated rings. The molecule has 2 N–H and O–H groups in total. The highest BCUT2D eigenvalue weighted by molar-refractivity contribution is 5.48. The molecule has 0 saturated heterocycles. The summed E-state index contributed by atoms with van der Waals surface area (Å²) in [7, 11) is 3.28. The van der Waals surface area contributed by atoms with E-state index in [0.29, 0.717) is 6.54 Å². The lowest BCUT2D eigenvalue weighted by Crippen LogP contribution is -2.42. The Hall–Kier alpha value is -1.30. The zero-order chi connectivity index (χ0) is 15.5. The minimum absolute atomic E-state index is 0.0151. The van der Waals surface area contributed by atoms with E-state index in [0.717, 1.165) is 31.0 Å². The first-order valence-corrected chi connectivity index (χ1v) is 7.23. The van der Waals surface area contributed by atoms with Crippen molar-refractivity contribution in [2.24, 2.45) is 5.41 Å². The van der Waals surface area contributed by atoms with Crippen LogP contribution >= 0.6 is 0 Å². The first kappa shape index (κ1) is 16.1. The number of benzene rings is 1. The van der Waals surface area contributed by atoms with Gasteiger partial charge in [-0.15, -0.1) is 0 Å². The van der Waals surface area contributed by atoms with Crippen molar-refractivity contribution in [2.75, 3.05) is 40.5 Å². The molecule has 1 aromatic rings. The summed E-state index contributed by atoms with van der Waals surface area (Å²) in [6, 6.07) is 4.07. The Balaban J connectivity index is 2.16. The van der Waals surface area contributed by atoms with E-state index in [9.17, 15) is 10.2 Å². The van der Waals surface area contributed by atoms with Crippen LogP contribution < -0.4 is 9.47 Å². The highest BCUT2D eigenvalue weighted by Crippen LogP contribution is 2.33. The third-order valence-corrected chi connectivity index (χ3v) is 4.17. The van der Waals surface area contributed by atoms with Crippen LogP contribution in [0.25, 0.3) is 0 Å². The van der Waals surface area contributed by atoms with Gasteiger partial charge in [0, 0.05) is 25.0 Å². The van der Waals surface area contributed by atoms with E-state index in [1.165, 1.54) is 11.1 Å². The minimum Gasteiger partial charge on any atom is -0.493 e. The van der Waals surface area contributed by atoms with Crippen LogP contribution in [-0.4, -0.2) is 55.6 Å². The van der Waals surface area contributed by atoms with Gasteiger partial charge in [0.05, 0.1) is 27.4 Å². The average Bonchev–Trinajstić information content (AvgIpc) is 2.53. The van der Waals surface area contributed by atoms with Crippen molar-refractivity contribution < 1.29 is 19.7 Å². The molecule has 1 aliphatic heterocycles. The van der Waals surface area contributed by atoms with Gasteiger partial charge in [-0.25, -0.2) is 0 Å². The summed E-state index contributed by atoms with van der Waals surface area (Å²) < 4.78 is 10.7. The fourth-order valence-electron chi connectivity index (χ4n) is 2.77. The number of hydrogen-bond donors (Lipinski definition) is 2. The monoisotopic (exact) mass is 295 g/mol. The van der Waals surface area contributed by atoms with Gasteiger partial charge in [-0.05, 0) is 29.7 Å². The van der Waals surface area contributed by atoms with Gasteiger partial charge in [0.1, 0.15) is 0 Å². The van der Waals surface area contributed by atoms with E-state index in [-0.39, 0.29) is 13.2 Å². The molecule has 0 atom stereocenters. The molecule has 0 saturated carbocycles. The topological polar surface area (TPSA) is 62.2 Å². The SMILES string of the molecule is COc1cc2c(cc1OC)CN(CC(C)(CO)CO)CC2. The van der Waals surface area contributed by atoms with Crippen LogP contribution in [0.4, 0.5) is 0 Å². The first-order chi connectivity index (χ1) is 10.0. The molecule has 0 aliphatic carbocycles. The van der Waals surface area contributed by atoms with E-state index >= 15 is 0 Å². The Labute approximate surface area is 126 Å². The molecular weight excluding hydrogens is 270 g/mol. The van der Waals surface area contributed by atoms with Crippen LogP contribution in [0.15, 0.2) is 12.1 Å². The molecule has 1 aromatic carbocycles. The number of ether oxygens (including phenoxy) is 2. The van der Waals surface area contributed by atoms with E-state index in [4.69, 9.17) is 9.47 Å². The van der Waals surface area contributed by atoms with Crippen molar-refractivity contribution in [1.29, 1.82) is 0 Å². The number of hydrogen-bond acceptors (Lipinski definition) is 5. The van der Waals surface area contributed by atoms with Gasteiger partial charge in [0.2, 0.25) is 0 Å². The Morgan fingerprint density at radius 1 is 1.10 bits per heavy atom. The van der Waals surface area contributed by atoms with E-state index in [1.807, 2.05) is 19.1 Å². The summed E-state index contributed by atoms with van der Waals surface area (Å²) in [5, 5.41) is 18.9. The maximum Gasteiger partial charge on any atom is 0.161 e. The molecule has 0 amide bonds. The van der Waals surface area contributed by atoms with Gasteiger partial charge < -0.3 is 19.7 Å². The Morgan fingerprint density at radius 3 is 2.19 bits per heavy atom. The number of aliphatic hydroxyl groups excluding tert-OH is 2. The molecule has 0 bridgehead atoms. The van der Waals surface area contributed by atoms with Crippen LogP contribution in [-0.2, 0) is 13.0 Å². The molecule has 0 aromatic heterocycles. The van der Waals surface area contributed by atoms with Crippen molar-refractivity contribution in [3.8, 4) is 11.5 Å². The van der Waals surface area contributed by atoms with Gasteiger partial charge in [-0.3, -0.25) is 4.90 Å². The second-order valence-corrected chi connectivity index (χ2v) is 6.06. The lowest BCUT2D eigenvalue weighted by Gasteiger charge is -2.36. The summed E-state index contributed by atoms with van der Waals surface area (Å²) in [5.74, 6) is 1.51. The highest BCUT2D eigenvalue weighted by atomic mass is 16.5. The zero-order valence-electron chi connectivity index (χ0n) is 13.1. The molecule has 0 unspecified atom stereocenters. The van der Waals surface area contributed by atoms with Gasteiger partial charge in [0.25, 0.3) is 0 Å². The van der Waals surface area contributed by atoms with Crippen LogP contribution in [0.3, 0.4) is 0 Å². The van der Waals surface area contributed by atoms with E-state index < -0.39 is 5.41 Å². The number of methoxy groups -OCH3 is 2. The molecule has 5 nitrogen and oxygen atoms in total. The average molecular weight is 295 g/mol. The van der Waals surface area contributed by atoms with E-state index in [1.54, 1.807) is 14.2 Å². The summed E-state index contributed by atoms with van der Waals surface area (Å²) in [5.41, 5.74) is 2.03. The van der Waals surface area contributed by atoms with Crippen molar-refractivity contribution >= 4 is 0 Å². The van der Waals surface area contributed by atoms with Crippen LogP contribution in [0.1, 0.15) is 18.1 Å². The molecular formula is C16H25NO4. The zero-order valence-corrected chi connectivity index (χ0v) is 13.1. The number of nitrogens with zero attached hydrogens (tertiary/aromatic N) is 1. The molecule has 0 spiro atoms. The number of aliphatic hydroxyl groups is 2. The Kier molecular flexibility index (Phi) is 5.08. The lowest BCUT2D eigenvalue weighted by molar-refractivity contribution is 0.0312. The van der Waals surface area contributed by atoms with Crippen molar-refractivity contribution in [2.45, 2.75) is 19.9 Å².